The fraction of sp³-hybridized carbons (Fsp3) is 0.667. The molecule has 1 N–H and O–H groups in total. The number of aliphatic imine (C=N–C) groups is 1. The highest BCUT2D eigenvalue weighted by Gasteiger charge is 2.60. The van der Waals surface area contributed by atoms with Crippen LogP contribution in [0.15, 0.2) is 16.1 Å². The summed E-state index contributed by atoms with van der Waals surface area (Å²) in [6, 6.07) is 0. The number of fused-ring (bicyclic) bond motifs is 1. The van der Waals surface area contributed by atoms with Crippen molar-refractivity contribution < 1.29 is 26.7 Å². The number of hydrogen-bond donors (Lipinski definition) is 1. The van der Waals surface area contributed by atoms with E-state index in [2.05, 4.69) is 4.99 Å². The number of allylic oxidation sites excluding steroid dienone is 1. The van der Waals surface area contributed by atoms with Gasteiger partial charge in [-0.1, -0.05) is 11.8 Å². The third-order valence-electron chi connectivity index (χ3n) is 2.90. The normalized spacial score (nSPS) is 31.9. The number of hydrogen-bond acceptors (Lipinski definition) is 6. The summed E-state index contributed by atoms with van der Waals surface area (Å²) in [4.78, 5) is 4.49. The zero-order valence-electron chi connectivity index (χ0n) is 9.97. The van der Waals surface area contributed by atoms with Crippen LogP contribution >= 0.6 is 11.8 Å². The number of sulfone groups is 1. The molecular formula is C9H11F3N2O3S2. The Labute approximate surface area is 112 Å². The molecule has 19 heavy (non-hydrogen) atoms. The molecule has 2 atom stereocenters. The maximum atomic E-state index is 12.8. The van der Waals surface area contributed by atoms with Crippen LogP contribution in [0.5, 0.6) is 0 Å². The molecule has 0 saturated carbocycles. The van der Waals surface area contributed by atoms with E-state index in [0.717, 1.165) is 18.0 Å². The van der Waals surface area contributed by atoms with Crippen molar-refractivity contribution in [2.75, 3.05) is 6.26 Å². The summed E-state index contributed by atoms with van der Waals surface area (Å²) in [5, 5.41) is 9.51. The second kappa shape index (κ2) is 4.13. The van der Waals surface area contributed by atoms with Crippen LogP contribution in [0.4, 0.5) is 13.2 Å². The number of aliphatic hydroxyl groups is 1. The zero-order chi connectivity index (χ0) is 14.6. The highest BCUT2D eigenvalue weighted by Crippen LogP contribution is 2.44. The smallest absolute Gasteiger partial charge is 0.362 e. The summed E-state index contributed by atoms with van der Waals surface area (Å²) in [5.41, 5.74) is -2.87. The van der Waals surface area contributed by atoms with Crippen LogP contribution in [0.3, 0.4) is 0 Å². The van der Waals surface area contributed by atoms with Gasteiger partial charge in [0.1, 0.15) is 5.37 Å². The van der Waals surface area contributed by atoms with E-state index in [-0.39, 0.29) is 5.17 Å². The van der Waals surface area contributed by atoms with Gasteiger partial charge >= 0.3 is 6.18 Å². The van der Waals surface area contributed by atoms with Crippen LogP contribution < -0.4 is 0 Å². The van der Waals surface area contributed by atoms with Gasteiger partial charge in [-0.25, -0.2) is 13.4 Å². The molecule has 0 saturated heterocycles. The molecule has 2 aliphatic heterocycles. The molecular weight excluding hydrogens is 305 g/mol. The largest absolute Gasteiger partial charge is 0.438 e. The molecule has 0 bridgehead atoms. The molecule has 2 aliphatic rings. The number of amidine groups is 1. The van der Waals surface area contributed by atoms with E-state index in [0.29, 0.717) is 5.70 Å². The molecule has 0 aromatic carbocycles. The van der Waals surface area contributed by atoms with Crippen LogP contribution in [-0.4, -0.2) is 47.1 Å². The van der Waals surface area contributed by atoms with E-state index in [4.69, 9.17) is 0 Å². The summed E-state index contributed by atoms with van der Waals surface area (Å²) < 4.78 is 61.9. The van der Waals surface area contributed by atoms with Crippen molar-refractivity contribution >= 4 is 26.8 Å². The van der Waals surface area contributed by atoms with E-state index in [1.54, 1.807) is 6.92 Å². The van der Waals surface area contributed by atoms with Gasteiger partial charge in [-0.05, 0) is 12.3 Å². The third-order valence-corrected chi connectivity index (χ3v) is 5.22. The Kier molecular flexibility index (Phi) is 3.18. The highest BCUT2D eigenvalue weighted by atomic mass is 32.2. The molecule has 0 aliphatic carbocycles. The first-order valence-corrected chi connectivity index (χ1v) is 7.99. The minimum absolute atomic E-state index is 0.154. The van der Waals surface area contributed by atoms with Crippen molar-refractivity contribution in [2.45, 2.75) is 30.6 Å². The van der Waals surface area contributed by atoms with Gasteiger partial charge in [-0.3, -0.25) is 0 Å². The Morgan fingerprint density at radius 3 is 2.63 bits per heavy atom. The Morgan fingerprint density at radius 2 is 2.16 bits per heavy atom. The van der Waals surface area contributed by atoms with Crippen molar-refractivity contribution in [1.82, 2.24) is 4.90 Å². The van der Waals surface area contributed by atoms with Crippen molar-refractivity contribution in [1.29, 1.82) is 0 Å². The van der Waals surface area contributed by atoms with Crippen molar-refractivity contribution in [2.24, 2.45) is 4.99 Å². The number of rotatable bonds is 1. The second-order valence-corrected chi connectivity index (χ2v) is 7.48. The second-order valence-electron chi connectivity index (χ2n) is 4.44. The number of nitrogens with zero attached hydrogens (tertiary/aromatic N) is 2. The highest BCUT2D eigenvalue weighted by molar-refractivity contribution is 8.16. The minimum Gasteiger partial charge on any atom is -0.362 e. The molecule has 0 aromatic heterocycles. The summed E-state index contributed by atoms with van der Waals surface area (Å²) in [7, 11) is -3.81. The average Bonchev–Trinajstić information content (AvgIpc) is 2.56. The Balaban J connectivity index is 2.55. The van der Waals surface area contributed by atoms with Crippen LogP contribution in [0.25, 0.3) is 0 Å². The molecule has 2 heterocycles. The van der Waals surface area contributed by atoms with E-state index in [9.17, 15) is 26.7 Å². The average molecular weight is 316 g/mol. The summed E-state index contributed by atoms with van der Waals surface area (Å²) >= 11 is 0.862. The number of halogens is 3. The summed E-state index contributed by atoms with van der Waals surface area (Å²) in [6.45, 7) is 1.58. The van der Waals surface area contributed by atoms with Gasteiger partial charge in [0.2, 0.25) is 0 Å². The van der Waals surface area contributed by atoms with Gasteiger partial charge in [-0.2, -0.15) is 13.2 Å². The predicted molar refractivity (Wildman–Crippen MR) is 64.9 cm³/mol. The first kappa shape index (κ1) is 14.7. The first-order chi connectivity index (χ1) is 8.46. The molecule has 0 aromatic rings. The SMILES string of the molecule is CC1=CSC2=N[C@](O)(C(F)(F)F)C[C@@H](S(C)(=O)=O)N12. The standard InChI is InChI=1S/C9H11F3N2O3S2/c1-5-4-18-7-13-8(15,9(10,11)12)3-6(14(5)7)19(2,16)17/h4,6,15H,3H2,1-2H3/t6-,8-/m1/s1. The van der Waals surface area contributed by atoms with E-state index >= 15 is 0 Å². The minimum atomic E-state index is -5.02. The van der Waals surface area contributed by atoms with Crippen LogP contribution in [0.2, 0.25) is 0 Å². The number of alkyl halides is 3. The molecule has 108 valence electrons. The van der Waals surface area contributed by atoms with E-state index in [1.165, 1.54) is 10.3 Å². The third kappa shape index (κ3) is 2.36. The predicted octanol–water partition coefficient (Wildman–Crippen LogP) is 1.28. The van der Waals surface area contributed by atoms with Gasteiger partial charge in [-0.15, -0.1) is 0 Å². The van der Waals surface area contributed by atoms with E-state index in [1.807, 2.05) is 0 Å². The summed E-state index contributed by atoms with van der Waals surface area (Å²) in [5.74, 6) is 0. The zero-order valence-corrected chi connectivity index (χ0v) is 11.6. The molecule has 0 amide bonds. The first-order valence-electron chi connectivity index (χ1n) is 5.16. The van der Waals surface area contributed by atoms with Gasteiger partial charge < -0.3 is 10.0 Å². The number of thioether (sulfide) groups is 1. The van der Waals surface area contributed by atoms with Gasteiger partial charge in [0.05, 0.1) is 0 Å². The summed E-state index contributed by atoms with van der Waals surface area (Å²) in [6.07, 6.45) is -5.22. The monoisotopic (exact) mass is 316 g/mol. The van der Waals surface area contributed by atoms with E-state index < -0.39 is 33.5 Å². The molecule has 2 rings (SSSR count). The fourth-order valence-corrected chi connectivity index (χ4v) is 4.12. The Morgan fingerprint density at radius 1 is 1.58 bits per heavy atom. The Hall–Kier alpha value is -0.740. The topological polar surface area (TPSA) is 70.0 Å². The molecule has 0 fully saturated rings. The lowest BCUT2D eigenvalue weighted by Crippen LogP contribution is -2.56. The molecule has 10 heteroatoms. The van der Waals surface area contributed by atoms with Crippen LogP contribution in [-0.2, 0) is 9.84 Å². The lowest BCUT2D eigenvalue weighted by atomic mass is 10.1. The lowest BCUT2D eigenvalue weighted by Gasteiger charge is -2.40. The lowest BCUT2D eigenvalue weighted by molar-refractivity contribution is -0.262. The van der Waals surface area contributed by atoms with Gasteiger partial charge in [0.15, 0.2) is 15.0 Å². The van der Waals surface area contributed by atoms with Crippen molar-refractivity contribution in [3.63, 3.8) is 0 Å². The molecule has 0 unspecified atom stereocenters. The maximum Gasteiger partial charge on any atom is 0.438 e. The molecule has 5 nitrogen and oxygen atoms in total. The van der Waals surface area contributed by atoms with Crippen molar-refractivity contribution in [3.8, 4) is 0 Å². The Bertz CT molecular complexity index is 570. The van der Waals surface area contributed by atoms with Crippen LogP contribution in [0.1, 0.15) is 13.3 Å². The van der Waals surface area contributed by atoms with Crippen molar-refractivity contribution in [3.05, 3.63) is 11.1 Å². The molecule has 0 radical (unpaired) electrons. The maximum absolute atomic E-state index is 12.8. The fourth-order valence-electron chi connectivity index (χ4n) is 1.89. The quantitative estimate of drug-likeness (QED) is 0.789. The van der Waals surface area contributed by atoms with Gasteiger partial charge in [0, 0.05) is 18.4 Å². The molecule has 0 spiro atoms. The van der Waals surface area contributed by atoms with Crippen LogP contribution in [0, 0.1) is 0 Å². The van der Waals surface area contributed by atoms with Gasteiger partial charge in [0.25, 0.3) is 5.72 Å².